The second-order valence-corrected chi connectivity index (χ2v) is 2.45. The van der Waals surface area contributed by atoms with Crippen molar-refractivity contribution in [2.45, 2.75) is 26.4 Å². The lowest BCUT2D eigenvalue weighted by atomic mass is 10.1. The maximum atomic E-state index is 10.6. The van der Waals surface area contributed by atoms with Gasteiger partial charge in [0.15, 0.2) is 0 Å². The molecule has 0 rings (SSSR count). The van der Waals surface area contributed by atoms with Crippen molar-refractivity contribution >= 4 is 5.97 Å². The number of hydrogen-bond acceptors (Lipinski definition) is 2. The van der Waals surface area contributed by atoms with Crippen LogP contribution < -0.4 is 0 Å². The molecule has 0 aromatic rings. The van der Waals surface area contributed by atoms with Gasteiger partial charge in [0.05, 0.1) is 0 Å². The molecule has 0 aliphatic carbocycles. The fraction of sp³-hybridized carbons (Fsp3) is 0.400. The lowest BCUT2D eigenvalue weighted by Crippen LogP contribution is -2.14. The molecule has 0 aromatic heterocycles. The quantitative estimate of drug-likeness (QED) is 0.363. The van der Waals surface area contributed by atoms with Crippen LogP contribution in [-0.2, 0) is 9.53 Å². The van der Waals surface area contributed by atoms with E-state index in [-0.39, 0.29) is 12.1 Å². The van der Waals surface area contributed by atoms with E-state index in [1.165, 1.54) is 6.92 Å². The molecule has 0 heterocycles. The highest BCUT2D eigenvalue weighted by Crippen LogP contribution is 2.09. The van der Waals surface area contributed by atoms with E-state index < -0.39 is 0 Å². The number of esters is 1. The van der Waals surface area contributed by atoms with E-state index in [4.69, 9.17) is 4.74 Å². The van der Waals surface area contributed by atoms with Crippen LogP contribution in [-0.4, -0.2) is 12.1 Å². The smallest absolute Gasteiger partial charge is 0.303 e. The maximum Gasteiger partial charge on any atom is 0.303 e. The summed E-state index contributed by atoms with van der Waals surface area (Å²) >= 11 is 0. The normalized spacial score (nSPS) is 11.2. The molecule has 66 valence electrons. The highest BCUT2D eigenvalue weighted by Gasteiger charge is 2.08. The van der Waals surface area contributed by atoms with Crippen LogP contribution in [0.5, 0.6) is 0 Å². The largest absolute Gasteiger partial charge is 0.458 e. The van der Waals surface area contributed by atoms with Crippen LogP contribution in [0.25, 0.3) is 0 Å². The predicted molar refractivity (Wildman–Crippen MR) is 48.7 cm³/mol. The molecule has 0 spiro atoms. The van der Waals surface area contributed by atoms with E-state index in [0.29, 0.717) is 6.42 Å². The van der Waals surface area contributed by atoms with E-state index in [1.54, 1.807) is 13.0 Å². The Morgan fingerprint density at radius 1 is 1.75 bits per heavy atom. The molecule has 0 amide bonds. The average Bonchev–Trinajstić information content (AvgIpc) is 1.98. The number of ether oxygens (including phenoxy) is 1. The minimum Gasteiger partial charge on any atom is -0.458 e. The van der Waals surface area contributed by atoms with Gasteiger partial charge in [-0.3, -0.25) is 4.79 Å². The first-order chi connectivity index (χ1) is 5.61. The van der Waals surface area contributed by atoms with Crippen molar-refractivity contribution < 1.29 is 9.53 Å². The molecular formula is C10H14O2. The van der Waals surface area contributed by atoms with Crippen LogP contribution in [0.2, 0.25) is 0 Å². The number of carbonyl (C=O) groups is 1. The van der Waals surface area contributed by atoms with Gasteiger partial charge in [0.2, 0.25) is 0 Å². The van der Waals surface area contributed by atoms with Crippen molar-refractivity contribution in [1.29, 1.82) is 0 Å². The Morgan fingerprint density at radius 2 is 2.33 bits per heavy atom. The number of hydrogen-bond donors (Lipinski definition) is 0. The predicted octanol–water partition coefficient (Wildman–Crippen LogP) is 2.23. The average molecular weight is 166 g/mol. The van der Waals surface area contributed by atoms with Crippen molar-refractivity contribution in [2.75, 3.05) is 0 Å². The van der Waals surface area contributed by atoms with Crippen molar-refractivity contribution in [3.63, 3.8) is 0 Å². The molecule has 0 aliphatic rings. The van der Waals surface area contributed by atoms with E-state index in [2.05, 4.69) is 18.9 Å². The van der Waals surface area contributed by atoms with Gasteiger partial charge < -0.3 is 4.74 Å². The number of allylic oxidation sites excluding steroid dienone is 1. The Bertz CT molecular complexity index is 222. The first-order valence-electron chi connectivity index (χ1n) is 3.78. The zero-order chi connectivity index (χ0) is 9.56. The Kier molecular flexibility index (Phi) is 4.82. The lowest BCUT2D eigenvalue weighted by molar-refractivity contribution is -0.143. The summed E-state index contributed by atoms with van der Waals surface area (Å²) in [7, 11) is 0. The zero-order valence-electron chi connectivity index (χ0n) is 7.59. The van der Waals surface area contributed by atoms with E-state index in [1.807, 2.05) is 0 Å². The first kappa shape index (κ1) is 10.7. The molecule has 0 N–H and O–H groups in total. The lowest BCUT2D eigenvalue weighted by Gasteiger charge is -2.12. The minimum atomic E-state index is -0.292. The van der Waals surface area contributed by atoms with Gasteiger partial charge in [-0.15, -0.1) is 12.3 Å². The Morgan fingerprint density at radius 3 is 2.67 bits per heavy atom. The summed E-state index contributed by atoms with van der Waals surface area (Å²) in [4.78, 5) is 10.6. The van der Waals surface area contributed by atoms with Crippen LogP contribution in [0.15, 0.2) is 30.5 Å². The molecule has 0 radical (unpaired) electrons. The van der Waals surface area contributed by atoms with Crippen molar-refractivity contribution in [3.05, 3.63) is 30.5 Å². The minimum absolute atomic E-state index is 0.252. The second kappa shape index (κ2) is 5.39. The summed E-state index contributed by atoms with van der Waals surface area (Å²) in [6.07, 6.45) is 2.13. The third-order valence-electron chi connectivity index (χ3n) is 1.42. The van der Waals surface area contributed by atoms with E-state index in [9.17, 15) is 4.79 Å². The summed E-state index contributed by atoms with van der Waals surface area (Å²) in [5.74, 6) is -0.292. The van der Waals surface area contributed by atoms with Crippen molar-refractivity contribution in [2.24, 2.45) is 0 Å². The van der Waals surface area contributed by atoms with Crippen LogP contribution >= 0.6 is 0 Å². The molecule has 0 saturated heterocycles. The molecule has 12 heavy (non-hydrogen) atoms. The van der Waals surface area contributed by atoms with Gasteiger partial charge in [-0.05, 0) is 13.3 Å². The SMILES string of the molecule is C=C=C(CC=C)[C@@H](C)OC(C)=O. The van der Waals surface area contributed by atoms with Gasteiger partial charge in [0, 0.05) is 12.5 Å². The van der Waals surface area contributed by atoms with Crippen LogP contribution in [0.1, 0.15) is 20.3 Å². The van der Waals surface area contributed by atoms with Crippen LogP contribution in [0.3, 0.4) is 0 Å². The third-order valence-corrected chi connectivity index (χ3v) is 1.42. The summed E-state index contributed by atoms with van der Waals surface area (Å²) in [6.45, 7) is 10.3. The molecule has 0 saturated carbocycles. The molecule has 2 heteroatoms. The second-order valence-electron chi connectivity index (χ2n) is 2.45. The van der Waals surface area contributed by atoms with E-state index in [0.717, 1.165) is 5.57 Å². The zero-order valence-corrected chi connectivity index (χ0v) is 7.59. The maximum absolute atomic E-state index is 10.6. The number of carbonyl (C=O) groups excluding carboxylic acids is 1. The Balaban J connectivity index is 4.22. The number of rotatable bonds is 4. The highest BCUT2D eigenvalue weighted by atomic mass is 16.5. The van der Waals surface area contributed by atoms with Gasteiger partial charge >= 0.3 is 5.97 Å². The van der Waals surface area contributed by atoms with Crippen LogP contribution in [0, 0.1) is 0 Å². The summed E-state index contributed by atoms with van der Waals surface area (Å²) in [6, 6.07) is 0. The fourth-order valence-electron chi connectivity index (χ4n) is 0.857. The van der Waals surface area contributed by atoms with Gasteiger partial charge in [0.25, 0.3) is 0 Å². The molecule has 0 bridgehead atoms. The molecule has 2 nitrogen and oxygen atoms in total. The van der Waals surface area contributed by atoms with Crippen molar-refractivity contribution in [1.82, 2.24) is 0 Å². The molecule has 0 unspecified atom stereocenters. The summed E-state index contributed by atoms with van der Waals surface area (Å²) in [5, 5.41) is 0. The van der Waals surface area contributed by atoms with Crippen molar-refractivity contribution in [3.8, 4) is 0 Å². The van der Waals surface area contributed by atoms with E-state index >= 15 is 0 Å². The Hall–Kier alpha value is -1.27. The molecule has 1 atom stereocenters. The summed E-state index contributed by atoms with van der Waals surface area (Å²) in [5.41, 5.74) is 3.57. The Labute approximate surface area is 73.2 Å². The first-order valence-corrected chi connectivity index (χ1v) is 3.78. The molecule has 0 aromatic carbocycles. The topological polar surface area (TPSA) is 26.3 Å². The molecular weight excluding hydrogens is 152 g/mol. The molecule has 0 aliphatic heterocycles. The standard InChI is InChI=1S/C10H14O2/c1-5-7-10(6-2)8(3)12-9(4)11/h5,8H,1-2,7H2,3-4H3/t8-/m1/s1. The summed E-state index contributed by atoms with van der Waals surface area (Å²) < 4.78 is 4.93. The third kappa shape index (κ3) is 3.79. The molecule has 0 fully saturated rings. The van der Waals surface area contributed by atoms with Crippen LogP contribution in [0.4, 0.5) is 0 Å². The van der Waals surface area contributed by atoms with Gasteiger partial charge in [0.1, 0.15) is 6.10 Å². The van der Waals surface area contributed by atoms with Gasteiger partial charge in [-0.25, -0.2) is 0 Å². The van der Waals surface area contributed by atoms with Gasteiger partial charge in [-0.2, -0.15) is 0 Å². The van der Waals surface area contributed by atoms with Gasteiger partial charge in [-0.1, -0.05) is 12.7 Å². The monoisotopic (exact) mass is 166 g/mol. The fourth-order valence-corrected chi connectivity index (χ4v) is 0.857. The highest BCUT2D eigenvalue weighted by molar-refractivity contribution is 5.66.